The number of nitrogens with one attached hydrogen (secondary N) is 1. The van der Waals surface area contributed by atoms with Crippen molar-refractivity contribution in [3.05, 3.63) is 0 Å². The Hall–Kier alpha value is -0.350. The van der Waals surface area contributed by atoms with Crippen molar-refractivity contribution in [3.8, 4) is 0 Å². The molecule has 0 aromatic carbocycles. The smallest absolute Gasteiger partial charge is 0.169 e. The molecule has 0 aliphatic carbocycles. The zero-order valence-electron chi connectivity index (χ0n) is 9.95. The van der Waals surface area contributed by atoms with Gasteiger partial charge in [-0.15, -0.1) is 0 Å². The lowest BCUT2D eigenvalue weighted by Gasteiger charge is -2.34. The number of nitrogens with zero attached hydrogens (tertiary/aromatic N) is 1. The van der Waals surface area contributed by atoms with Gasteiger partial charge >= 0.3 is 0 Å². The number of morpholine rings is 1. The number of thiocarbonyl (C=S) groups is 1. The molecular weight excluding hydrogens is 208 g/mol. The van der Waals surface area contributed by atoms with Crippen LogP contribution in [0.15, 0.2) is 0 Å². The minimum absolute atomic E-state index is 0.345. The number of hydrogen-bond donors (Lipinski definition) is 1. The Morgan fingerprint density at radius 1 is 1.60 bits per heavy atom. The van der Waals surface area contributed by atoms with Crippen molar-refractivity contribution >= 4 is 17.3 Å². The monoisotopic (exact) mass is 230 g/mol. The topological polar surface area (TPSA) is 24.5 Å². The standard InChI is InChI=1S/C11H22N2OS/c1-4-10-8-13(5-6-14-10)11(15)12-7-9(2)3/h9-10H,4-8H2,1-3H3,(H,12,15). The Kier molecular flexibility index (Phi) is 5.32. The van der Waals surface area contributed by atoms with Crippen LogP contribution in [0.2, 0.25) is 0 Å². The summed E-state index contributed by atoms with van der Waals surface area (Å²) in [6.07, 6.45) is 1.40. The molecule has 1 rings (SSSR count). The van der Waals surface area contributed by atoms with Crippen LogP contribution in [0.5, 0.6) is 0 Å². The van der Waals surface area contributed by atoms with Gasteiger partial charge in [-0.3, -0.25) is 0 Å². The van der Waals surface area contributed by atoms with Gasteiger partial charge in [0, 0.05) is 19.6 Å². The first kappa shape index (κ1) is 12.7. The van der Waals surface area contributed by atoms with Gasteiger partial charge in [-0.1, -0.05) is 20.8 Å². The average molecular weight is 230 g/mol. The maximum atomic E-state index is 5.60. The van der Waals surface area contributed by atoms with Crippen LogP contribution in [0.4, 0.5) is 0 Å². The van der Waals surface area contributed by atoms with E-state index in [4.69, 9.17) is 17.0 Å². The summed E-state index contributed by atoms with van der Waals surface area (Å²) in [7, 11) is 0. The van der Waals surface area contributed by atoms with E-state index in [-0.39, 0.29) is 0 Å². The Labute approximate surface area is 98.2 Å². The van der Waals surface area contributed by atoms with Crippen LogP contribution in [0, 0.1) is 5.92 Å². The largest absolute Gasteiger partial charge is 0.375 e. The van der Waals surface area contributed by atoms with Crippen molar-refractivity contribution in [2.45, 2.75) is 33.3 Å². The Morgan fingerprint density at radius 3 is 2.93 bits per heavy atom. The molecule has 0 aromatic rings. The molecule has 1 atom stereocenters. The van der Waals surface area contributed by atoms with Crippen molar-refractivity contribution in [2.24, 2.45) is 5.92 Å². The molecule has 0 aromatic heterocycles. The van der Waals surface area contributed by atoms with Crippen LogP contribution in [-0.4, -0.2) is 42.4 Å². The van der Waals surface area contributed by atoms with E-state index in [1.807, 2.05) is 0 Å². The number of ether oxygens (including phenoxy) is 1. The van der Waals surface area contributed by atoms with E-state index in [9.17, 15) is 0 Å². The van der Waals surface area contributed by atoms with Crippen molar-refractivity contribution in [2.75, 3.05) is 26.2 Å². The Bertz CT molecular complexity index is 209. The lowest BCUT2D eigenvalue weighted by molar-refractivity contribution is -0.00723. The zero-order chi connectivity index (χ0) is 11.3. The quantitative estimate of drug-likeness (QED) is 0.745. The maximum absolute atomic E-state index is 5.60. The van der Waals surface area contributed by atoms with Crippen LogP contribution in [-0.2, 0) is 4.74 Å². The average Bonchev–Trinajstić information content (AvgIpc) is 2.26. The van der Waals surface area contributed by atoms with Gasteiger partial charge in [0.15, 0.2) is 5.11 Å². The van der Waals surface area contributed by atoms with Crippen molar-refractivity contribution in [1.29, 1.82) is 0 Å². The molecule has 0 radical (unpaired) electrons. The molecule has 4 heteroatoms. The van der Waals surface area contributed by atoms with Crippen molar-refractivity contribution in [3.63, 3.8) is 0 Å². The molecule has 1 aliphatic heterocycles. The van der Waals surface area contributed by atoms with Gasteiger partial charge in [-0.2, -0.15) is 0 Å². The molecule has 1 aliphatic rings. The molecule has 88 valence electrons. The Morgan fingerprint density at radius 2 is 2.33 bits per heavy atom. The summed E-state index contributed by atoms with van der Waals surface area (Å²) in [5, 5.41) is 4.18. The molecule has 1 fully saturated rings. The lowest BCUT2D eigenvalue weighted by Crippen LogP contribution is -2.49. The SMILES string of the molecule is CCC1CN(C(=S)NCC(C)C)CCO1. The number of rotatable bonds is 3. The van der Waals surface area contributed by atoms with E-state index < -0.39 is 0 Å². The van der Waals surface area contributed by atoms with Gasteiger partial charge in [-0.25, -0.2) is 0 Å². The molecule has 1 heterocycles. The molecule has 0 saturated carbocycles. The molecule has 0 bridgehead atoms. The summed E-state index contributed by atoms with van der Waals surface area (Å²) < 4.78 is 5.60. The third-order valence-electron chi connectivity index (χ3n) is 2.54. The third-order valence-corrected chi connectivity index (χ3v) is 2.95. The van der Waals surface area contributed by atoms with Gasteiger partial charge in [0.25, 0.3) is 0 Å². The molecule has 3 nitrogen and oxygen atoms in total. The third kappa shape index (κ3) is 4.34. The molecule has 15 heavy (non-hydrogen) atoms. The van der Waals surface area contributed by atoms with Crippen LogP contribution in [0.25, 0.3) is 0 Å². The predicted molar refractivity (Wildman–Crippen MR) is 67.0 cm³/mol. The fraction of sp³-hybridized carbons (Fsp3) is 0.909. The molecule has 1 unspecified atom stereocenters. The summed E-state index contributed by atoms with van der Waals surface area (Å²) >= 11 is 5.35. The van der Waals surface area contributed by atoms with E-state index in [1.165, 1.54) is 0 Å². The highest BCUT2D eigenvalue weighted by atomic mass is 32.1. The van der Waals surface area contributed by atoms with Gasteiger partial charge < -0.3 is 15.0 Å². The fourth-order valence-corrected chi connectivity index (χ4v) is 1.80. The summed E-state index contributed by atoms with van der Waals surface area (Å²) in [6, 6.07) is 0. The van der Waals surface area contributed by atoms with Crippen molar-refractivity contribution in [1.82, 2.24) is 10.2 Å². The Balaban J connectivity index is 2.32. The first-order valence-corrected chi connectivity index (χ1v) is 6.18. The van der Waals surface area contributed by atoms with Gasteiger partial charge in [-0.05, 0) is 24.6 Å². The zero-order valence-corrected chi connectivity index (χ0v) is 10.8. The summed E-state index contributed by atoms with van der Waals surface area (Å²) in [4.78, 5) is 2.22. The highest BCUT2D eigenvalue weighted by molar-refractivity contribution is 7.80. The van der Waals surface area contributed by atoms with Crippen LogP contribution < -0.4 is 5.32 Å². The molecule has 1 saturated heterocycles. The molecule has 1 N–H and O–H groups in total. The van der Waals surface area contributed by atoms with E-state index in [2.05, 4.69) is 31.0 Å². The molecule has 0 spiro atoms. The van der Waals surface area contributed by atoms with Crippen LogP contribution in [0.1, 0.15) is 27.2 Å². The molecule has 0 amide bonds. The van der Waals surface area contributed by atoms with Crippen LogP contribution in [0.3, 0.4) is 0 Å². The van der Waals surface area contributed by atoms with Gasteiger partial charge in [0.1, 0.15) is 0 Å². The number of hydrogen-bond acceptors (Lipinski definition) is 2. The maximum Gasteiger partial charge on any atom is 0.169 e. The summed E-state index contributed by atoms with van der Waals surface area (Å²) in [6.45, 7) is 10.1. The first-order valence-electron chi connectivity index (χ1n) is 5.77. The van der Waals surface area contributed by atoms with Crippen LogP contribution >= 0.6 is 12.2 Å². The highest BCUT2D eigenvalue weighted by Crippen LogP contribution is 2.08. The normalized spacial score (nSPS) is 21.9. The second-order valence-corrected chi connectivity index (χ2v) is 4.81. The van der Waals surface area contributed by atoms with E-state index in [1.54, 1.807) is 0 Å². The van der Waals surface area contributed by atoms with E-state index in [0.717, 1.165) is 37.8 Å². The molecular formula is C11H22N2OS. The second-order valence-electron chi connectivity index (χ2n) is 4.43. The fourth-order valence-electron chi connectivity index (χ4n) is 1.55. The second kappa shape index (κ2) is 6.28. The first-order chi connectivity index (χ1) is 7.13. The van der Waals surface area contributed by atoms with Gasteiger partial charge in [0.05, 0.1) is 12.7 Å². The minimum Gasteiger partial charge on any atom is -0.375 e. The summed E-state index contributed by atoms with van der Waals surface area (Å²) in [5.41, 5.74) is 0. The predicted octanol–water partition coefficient (Wildman–Crippen LogP) is 1.63. The van der Waals surface area contributed by atoms with E-state index in [0.29, 0.717) is 12.0 Å². The van der Waals surface area contributed by atoms with Gasteiger partial charge in [0.2, 0.25) is 0 Å². The van der Waals surface area contributed by atoms with E-state index >= 15 is 0 Å². The minimum atomic E-state index is 0.345. The summed E-state index contributed by atoms with van der Waals surface area (Å²) in [5.74, 6) is 0.631. The lowest BCUT2D eigenvalue weighted by atomic mass is 10.2. The van der Waals surface area contributed by atoms with Crippen molar-refractivity contribution < 1.29 is 4.74 Å². The highest BCUT2D eigenvalue weighted by Gasteiger charge is 2.20.